The average Bonchev–Trinajstić information content (AvgIpc) is 3.13. The lowest BCUT2D eigenvalue weighted by molar-refractivity contribution is -0.110. The van der Waals surface area contributed by atoms with E-state index in [-0.39, 0.29) is 12.0 Å². The molecule has 24 heavy (non-hydrogen) atoms. The number of carbonyl (C=O) groups excluding carboxylic acids is 1. The maximum Gasteiger partial charge on any atom is 0.273 e. The van der Waals surface area contributed by atoms with Gasteiger partial charge in [-0.25, -0.2) is 0 Å². The number of rotatable bonds is 3. The van der Waals surface area contributed by atoms with Crippen LogP contribution in [-0.4, -0.2) is 24.8 Å². The van der Waals surface area contributed by atoms with Crippen molar-refractivity contribution in [1.29, 1.82) is 0 Å². The molecule has 0 aliphatic carbocycles. The van der Waals surface area contributed by atoms with Gasteiger partial charge in [0.1, 0.15) is 18.9 Å². The van der Waals surface area contributed by atoms with Crippen LogP contribution in [0.1, 0.15) is 18.1 Å². The number of fused-ring (bicyclic) bond motifs is 1. The highest BCUT2D eigenvalue weighted by molar-refractivity contribution is 6.43. The summed E-state index contributed by atoms with van der Waals surface area (Å²) in [7, 11) is 0. The van der Waals surface area contributed by atoms with Crippen LogP contribution in [0.15, 0.2) is 53.7 Å². The van der Waals surface area contributed by atoms with E-state index < -0.39 is 0 Å². The van der Waals surface area contributed by atoms with Gasteiger partial charge in [-0.05, 0) is 17.7 Å². The molecule has 6 heteroatoms. The average molecular weight is 324 g/mol. The molecule has 122 valence electrons. The Balaban J connectivity index is 1.46. The Kier molecular flexibility index (Phi) is 3.78. The number of anilines is 1. The Labute approximate surface area is 139 Å². The summed E-state index contributed by atoms with van der Waals surface area (Å²) in [5, 5.41) is 6.76. The lowest BCUT2D eigenvalue weighted by Gasteiger charge is -2.20. The summed E-state index contributed by atoms with van der Waals surface area (Å²) < 4.78 is 11.1. The van der Waals surface area contributed by atoms with Gasteiger partial charge in [0, 0.05) is 6.42 Å². The van der Waals surface area contributed by atoms with E-state index in [4.69, 9.17) is 14.3 Å². The van der Waals surface area contributed by atoms with Gasteiger partial charge in [0.2, 0.25) is 0 Å². The molecule has 0 fully saturated rings. The zero-order chi connectivity index (χ0) is 16.4. The normalized spacial score (nSPS) is 18.5. The van der Waals surface area contributed by atoms with E-state index in [1.165, 1.54) is 0 Å². The van der Waals surface area contributed by atoms with Crippen molar-refractivity contribution in [2.24, 2.45) is 5.16 Å². The molecule has 0 unspecified atom stereocenters. The van der Waals surface area contributed by atoms with Gasteiger partial charge in [-0.3, -0.25) is 4.79 Å². The van der Waals surface area contributed by atoms with Crippen molar-refractivity contribution in [3.8, 4) is 11.5 Å². The topological polar surface area (TPSA) is 69.2 Å². The summed E-state index contributed by atoms with van der Waals surface area (Å²) in [4.78, 5) is 17.9. The first-order valence-corrected chi connectivity index (χ1v) is 7.79. The first-order valence-electron chi connectivity index (χ1n) is 7.79. The van der Waals surface area contributed by atoms with Crippen molar-refractivity contribution < 1.29 is 19.1 Å². The van der Waals surface area contributed by atoms with Crippen LogP contribution in [0, 0.1) is 0 Å². The maximum absolute atomic E-state index is 12.5. The van der Waals surface area contributed by atoms with Gasteiger partial charge in [0.05, 0.1) is 5.69 Å². The number of carbonyl (C=O) groups is 1. The fraction of sp³-hybridized carbons (Fsp3) is 0.222. The van der Waals surface area contributed by atoms with Crippen molar-refractivity contribution in [2.45, 2.75) is 12.5 Å². The zero-order valence-corrected chi connectivity index (χ0v) is 12.9. The van der Waals surface area contributed by atoms with Gasteiger partial charge >= 0.3 is 0 Å². The molecule has 0 saturated carbocycles. The van der Waals surface area contributed by atoms with Crippen molar-refractivity contribution >= 4 is 17.3 Å². The van der Waals surface area contributed by atoms with E-state index in [0.29, 0.717) is 42.5 Å². The van der Waals surface area contributed by atoms with Crippen LogP contribution in [0.2, 0.25) is 0 Å². The number of ether oxygens (including phenoxy) is 2. The molecule has 1 N–H and O–H groups in total. The molecule has 1 amide bonds. The fourth-order valence-corrected chi connectivity index (χ4v) is 2.72. The van der Waals surface area contributed by atoms with E-state index in [1.807, 2.05) is 42.5 Å². The molecule has 6 nitrogen and oxygen atoms in total. The van der Waals surface area contributed by atoms with Crippen molar-refractivity contribution in [1.82, 2.24) is 0 Å². The maximum atomic E-state index is 12.5. The first-order chi connectivity index (χ1) is 11.8. The summed E-state index contributed by atoms with van der Waals surface area (Å²) in [6.45, 7) is 0.962. The quantitative estimate of drug-likeness (QED) is 0.942. The summed E-state index contributed by atoms with van der Waals surface area (Å²) in [5.74, 6) is 0.887. The number of nitrogens with zero attached hydrogens (tertiary/aromatic N) is 1. The molecule has 2 aliphatic rings. The van der Waals surface area contributed by atoms with Crippen LogP contribution in [0.5, 0.6) is 11.5 Å². The van der Waals surface area contributed by atoms with Crippen molar-refractivity contribution in [3.05, 3.63) is 54.1 Å². The summed E-state index contributed by atoms with van der Waals surface area (Å²) in [6, 6.07) is 15.1. The smallest absolute Gasteiger partial charge is 0.273 e. The molecular weight excluding hydrogens is 308 g/mol. The van der Waals surface area contributed by atoms with Gasteiger partial charge in [-0.2, -0.15) is 0 Å². The first kappa shape index (κ1) is 14.6. The van der Waals surface area contributed by atoms with Gasteiger partial charge in [0.25, 0.3) is 5.91 Å². The minimum absolute atomic E-state index is 0.226. The molecule has 0 saturated heterocycles. The molecule has 2 aliphatic heterocycles. The molecule has 0 radical (unpaired) electrons. The van der Waals surface area contributed by atoms with E-state index >= 15 is 0 Å². The molecule has 4 rings (SSSR count). The molecule has 2 heterocycles. The monoisotopic (exact) mass is 324 g/mol. The van der Waals surface area contributed by atoms with Crippen LogP contribution < -0.4 is 14.8 Å². The van der Waals surface area contributed by atoms with Crippen molar-refractivity contribution in [2.75, 3.05) is 18.5 Å². The van der Waals surface area contributed by atoms with Gasteiger partial charge in [-0.15, -0.1) is 0 Å². The highest BCUT2D eigenvalue weighted by atomic mass is 16.6. The number of amides is 1. The highest BCUT2D eigenvalue weighted by Gasteiger charge is 2.28. The third kappa shape index (κ3) is 2.78. The predicted molar refractivity (Wildman–Crippen MR) is 88.4 cm³/mol. The molecule has 0 aromatic heterocycles. The second-order valence-corrected chi connectivity index (χ2v) is 5.53. The van der Waals surface area contributed by atoms with Gasteiger partial charge in [-0.1, -0.05) is 41.6 Å². The largest absolute Gasteiger partial charge is 0.486 e. The van der Waals surface area contributed by atoms with Crippen LogP contribution in [0.25, 0.3) is 0 Å². The second-order valence-electron chi connectivity index (χ2n) is 5.53. The Morgan fingerprint density at radius 3 is 2.75 bits per heavy atom. The van der Waals surface area contributed by atoms with Crippen LogP contribution >= 0.6 is 0 Å². The highest BCUT2D eigenvalue weighted by Crippen LogP contribution is 2.37. The minimum Gasteiger partial charge on any atom is -0.486 e. The third-order valence-corrected chi connectivity index (χ3v) is 3.92. The van der Waals surface area contributed by atoms with E-state index in [0.717, 1.165) is 5.56 Å². The molecule has 2 aromatic rings. The lowest BCUT2D eigenvalue weighted by atomic mass is 10.0. The number of hydrogen-bond acceptors (Lipinski definition) is 5. The number of hydrogen-bond donors (Lipinski definition) is 1. The number of benzene rings is 2. The predicted octanol–water partition coefficient (Wildman–Crippen LogP) is 2.91. The Bertz CT molecular complexity index is 789. The third-order valence-electron chi connectivity index (χ3n) is 3.92. The summed E-state index contributed by atoms with van der Waals surface area (Å²) >= 11 is 0. The number of nitrogens with one attached hydrogen (secondary N) is 1. The zero-order valence-electron chi connectivity index (χ0n) is 12.9. The van der Waals surface area contributed by atoms with E-state index in [2.05, 4.69) is 10.5 Å². The van der Waals surface area contributed by atoms with Gasteiger partial charge < -0.3 is 19.6 Å². The van der Waals surface area contributed by atoms with Gasteiger partial charge in [0.15, 0.2) is 17.6 Å². The minimum atomic E-state index is -0.295. The summed E-state index contributed by atoms with van der Waals surface area (Å²) in [5.41, 5.74) is 1.93. The summed E-state index contributed by atoms with van der Waals surface area (Å²) in [6.07, 6.45) is 0.207. The Morgan fingerprint density at radius 2 is 1.88 bits per heavy atom. The molecular formula is C18H16N2O4. The molecule has 1 atom stereocenters. The van der Waals surface area contributed by atoms with E-state index in [9.17, 15) is 4.79 Å². The second kappa shape index (κ2) is 6.23. The standard InChI is InChI=1S/C18H16N2O4/c21-18(14-11-16(24-20-14)12-5-2-1-3-6-12)19-13-7-4-8-15-17(13)23-10-9-22-15/h1-8,16H,9-11H2,(H,19,21)/t16-/m0/s1. The van der Waals surface area contributed by atoms with Crippen LogP contribution in [0.4, 0.5) is 5.69 Å². The van der Waals surface area contributed by atoms with Crippen LogP contribution in [-0.2, 0) is 9.63 Å². The molecule has 0 bridgehead atoms. The number of oxime groups is 1. The molecule has 0 spiro atoms. The number of para-hydroxylation sites is 1. The Morgan fingerprint density at radius 1 is 1.04 bits per heavy atom. The Hall–Kier alpha value is -3.02. The molecule has 2 aromatic carbocycles. The van der Waals surface area contributed by atoms with Crippen molar-refractivity contribution in [3.63, 3.8) is 0 Å². The van der Waals surface area contributed by atoms with E-state index in [1.54, 1.807) is 6.07 Å². The van der Waals surface area contributed by atoms with Crippen LogP contribution in [0.3, 0.4) is 0 Å². The fourth-order valence-electron chi connectivity index (χ4n) is 2.72. The lowest BCUT2D eigenvalue weighted by Crippen LogP contribution is -2.23. The SMILES string of the molecule is O=C(Nc1cccc2c1OCCO2)C1=NO[C@H](c2ccccc2)C1.